The number of nitrogens with two attached hydrogens (primary N) is 1. The molecule has 0 heterocycles. The molecule has 2 N–H and O–H groups in total. The molecule has 0 bridgehead atoms. The molecular weight excluding hydrogens is 312 g/mol. The predicted molar refractivity (Wildman–Crippen MR) is 66.8 cm³/mol. The van der Waals surface area contributed by atoms with Crippen LogP contribution >= 0.6 is 31.9 Å². The van der Waals surface area contributed by atoms with E-state index in [-0.39, 0.29) is 9.14 Å². The molecule has 0 aliphatic carbocycles. The van der Waals surface area contributed by atoms with Crippen molar-refractivity contribution in [1.82, 2.24) is 4.90 Å². The lowest BCUT2D eigenvalue weighted by atomic mass is 10.2. The fourth-order valence-corrected chi connectivity index (χ4v) is 1.74. The van der Waals surface area contributed by atoms with Gasteiger partial charge < -0.3 is 5.73 Å². The molecule has 3 nitrogen and oxygen atoms in total. The van der Waals surface area contributed by atoms with Gasteiger partial charge in [-0.25, -0.2) is 0 Å². The van der Waals surface area contributed by atoms with Crippen LogP contribution < -0.4 is 5.73 Å². The number of amides is 1. The summed E-state index contributed by atoms with van der Waals surface area (Å²) in [5, 5.41) is 0. The molecule has 0 radical (unpaired) electrons. The van der Waals surface area contributed by atoms with Crippen molar-refractivity contribution in [2.45, 2.75) is 29.9 Å². The van der Waals surface area contributed by atoms with Crippen molar-refractivity contribution in [1.29, 1.82) is 0 Å². The van der Waals surface area contributed by atoms with Crippen LogP contribution in [0.3, 0.4) is 0 Å². The number of hydrogen-bond donors (Lipinski definition) is 1. The topological polar surface area (TPSA) is 46.3 Å². The fourth-order valence-electron chi connectivity index (χ4n) is 1.18. The third-order valence-electron chi connectivity index (χ3n) is 1.92. The molecule has 0 atom stereocenters. The second-order valence-corrected chi connectivity index (χ2v) is 8.07. The van der Waals surface area contributed by atoms with Crippen molar-refractivity contribution < 1.29 is 4.79 Å². The Morgan fingerprint density at radius 1 is 1.50 bits per heavy atom. The van der Waals surface area contributed by atoms with Crippen LogP contribution in [0.25, 0.3) is 0 Å². The maximum atomic E-state index is 10.7. The lowest BCUT2D eigenvalue weighted by molar-refractivity contribution is -0.119. The molecule has 0 rings (SSSR count). The molecule has 0 aliphatic rings. The standard InChI is InChI=1S/C9H18Br2N2O/c1-3-13(7-8(12)14)6-4-5-9(2,10)11/h3-7H2,1-2H3,(H2,12,14). The van der Waals surface area contributed by atoms with Crippen LogP contribution in [0.4, 0.5) is 0 Å². The Kier molecular flexibility index (Phi) is 6.99. The van der Waals surface area contributed by atoms with Crippen LogP contribution in [0, 0.1) is 0 Å². The summed E-state index contributed by atoms with van der Waals surface area (Å²) < 4.78 is 0.00609. The average molecular weight is 330 g/mol. The summed E-state index contributed by atoms with van der Waals surface area (Å²) in [6.45, 7) is 6.23. The minimum absolute atomic E-state index is 0.00609. The van der Waals surface area contributed by atoms with Gasteiger partial charge in [-0.15, -0.1) is 0 Å². The zero-order chi connectivity index (χ0) is 11.2. The van der Waals surface area contributed by atoms with E-state index in [2.05, 4.69) is 38.8 Å². The molecule has 84 valence electrons. The first-order chi connectivity index (χ1) is 6.35. The van der Waals surface area contributed by atoms with Gasteiger partial charge in [0.05, 0.1) is 9.78 Å². The highest BCUT2D eigenvalue weighted by Crippen LogP contribution is 2.30. The summed E-state index contributed by atoms with van der Waals surface area (Å²) in [5.41, 5.74) is 5.13. The first kappa shape index (κ1) is 14.4. The lowest BCUT2D eigenvalue weighted by Gasteiger charge is -2.20. The smallest absolute Gasteiger partial charge is 0.231 e. The Balaban J connectivity index is 3.68. The highest BCUT2D eigenvalue weighted by molar-refractivity contribution is 9.25. The van der Waals surface area contributed by atoms with Gasteiger partial charge in [-0.2, -0.15) is 0 Å². The van der Waals surface area contributed by atoms with Gasteiger partial charge in [0.25, 0.3) is 0 Å². The van der Waals surface area contributed by atoms with Gasteiger partial charge in [0, 0.05) is 0 Å². The molecule has 0 spiro atoms. The van der Waals surface area contributed by atoms with Crippen LogP contribution in [0.1, 0.15) is 26.7 Å². The molecule has 5 heteroatoms. The van der Waals surface area contributed by atoms with Crippen molar-refractivity contribution in [3.8, 4) is 0 Å². The van der Waals surface area contributed by atoms with E-state index in [0.29, 0.717) is 6.54 Å². The Hall–Kier alpha value is 0.390. The SMILES string of the molecule is CCN(CCCC(C)(Br)Br)CC(N)=O. The van der Waals surface area contributed by atoms with E-state index in [1.165, 1.54) is 0 Å². The van der Waals surface area contributed by atoms with E-state index in [9.17, 15) is 4.79 Å². The monoisotopic (exact) mass is 328 g/mol. The summed E-state index contributed by atoms with van der Waals surface area (Å²) in [5.74, 6) is -0.257. The van der Waals surface area contributed by atoms with E-state index in [0.717, 1.165) is 25.9 Å². The van der Waals surface area contributed by atoms with E-state index in [1.54, 1.807) is 0 Å². The molecule has 0 saturated heterocycles. The van der Waals surface area contributed by atoms with Crippen molar-refractivity contribution >= 4 is 37.8 Å². The molecule has 0 unspecified atom stereocenters. The van der Waals surface area contributed by atoms with E-state index < -0.39 is 0 Å². The van der Waals surface area contributed by atoms with Gasteiger partial charge in [-0.3, -0.25) is 9.69 Å². The molecule has 14 heavy (non-hydrogen) atoms. The Morgan fingerprint density at radius 2 is 2.07 bits per heavy atom. The quantitative estimate of drug-likeness (QED) is 0.727. The van der Waals surface area contributed by atoms with Gasteiger partial charge in [-0.05, 0) is 32.9 Å². The average Bonchev–Trinajstić information content (AvgIpc) is 1.99. The second-order valence-electron chi connectivity index (χ2n) is 3.51. The minimum Gasteiger partial charge on any atom is -0.369 e. The lowest BCUT2D eigenvalue weighted by Crippen LogP contribution is -2.34. The summed E-state index contributed by atoms with van der Waals surface area (Å²) in [6.07, 6.45) is 2.05. The summed E-state index contributed by atoms with van der Waals surface area (Å²) in [7, 11) is 0. The van der Waals surface area contributed by atoms with Crippen molar-refractivity contribution in [2.75, 3.05) is 19.6 Å². The van der Waals surface area contributed by atoms with Crippen LogP contribution in [-0.4, -0.2) is 33.7 Å². The maximum Gasteiger partial charge on any atom is 0.231 e. The third-order valence-corrected chi connectivity index (χ3v) is 2.71. The van der Waals surface area contributed by atoms with Crippen LogP contribution in [0.15, 0.2) is 0 Å². The molecule has 0 aliphatic heterocycles. The number of primary amides is 1. The number of hydrogen-bond acceptors (Lipinski definition) is 2. The zero-order valence-corrected chi connectivity index (χ0v) is 11.9. The van der Waals surface area contributed by atoms with Gasteiger partial charge in [0.2, 0.25) is 5.91 Å². The first-order valence-corrected chi connectivity index (χ1v) is 6.32. The van der Waals surface area contributed by atoms with Crippen molar-refractivity contribution in [2.24, 2.45) is 5.73 Å². The van der Waals surface area contributed by atoms with Crippen molar-refractivity contribution in [3.63, 3.8) is 0 Å². The zero-order valence-electron chi connectivity index (χ0n) is 8.72. The van der Waals surface area contributed by atoms with Crippen molar-refractivity contribution in [3.05, 3.63) is 0 Å². The van der Waals surface area contributed by atoms with Gasteiger partial charge in [0.1, 0.15) is 0 Å². The minimum atomic E-state index is -0.257. The number of carbonyl (C=O) groups excluding carboxylic acids is 1. The highest BCUT2D eigenvalue weighted by atomic mass is 79.9. The third kappa shape index (κ3) is 8.97. The molecular formula is C9H18Br2N2O. The Bertz CT molecular complexity index is 180. The number of nitrogens with zero attached hydrogens (tertiary/aromatic N) is 1. The molecule has 1 amide bonds. The van der Waals surface area contributed by atoms with Crippen LogP contribution in [0.2, 0.25) is 0 Å². The first-order valence-electron chi connectivity index (χ1n) is 4.73. The molecule has 0 aromatic rings. The van der Waals surface area contributed by atoms with Crippen LogP contribution in [0.5, 0.6) is 0 Å². The van der Waals surface area contributed by atoms with Gasteiger partial charge >= 0.3 is 0 Å². The number of carbonyl (C=O) groups is 1. The molecule has 0 saturated carbocycles. The number of alkyl halides is 2. The number of likely N-dealkylation sites (N-methyl/N-ethyl adjacent to an activating group) is 1. The number of halogens is 2. The molecule has 0 aromatic heterocycles. The number of rotatable bonds is 7. The summed E-state index contributed by atoms with van der Waals surface area (Å²) in [6, 6.07) is 0. The van der Waals surface area contributed by atoms with E-state index in [4.69, 9.17) is 5.73 Å². The largest absolute Gasteiger partial charge is 0.369 e. The van der Waals surface area contributed by atoms with E-state index in [1.807, 2.05) is 11.8 Å². The Labute approximate surface area is 103 Å². The normalized spacial score (nSPS) is 12.1. The predicted octanol–water partition coefficient (Wildman–Crippen LogP) is 2.08. The van der Waals surface area contributed by atoms with Crippen LogP contribution in [-0.2, 0) is 4.79 Å². The summed E-state index contributed by atoms with van der Waals surface area (Å²) >= 11 is 7.02. The van der Waals surface area contributed by atoms with Gasteiger partial charge in [0.15, 0.2) is 0 Å². The Morgan fingerprint density at radius 3 is 2.43 bits per heavy atom. The fraction of sp³-hybridized carbons (Fsp3) is 0.889. The highest BCUT2D eigenvalue weighted by Gasteiger charge is 2.15. The second kappa shape index (κ2) is 6.80. The maximum absolute atomic E-state index is 10.7. The summed E-state index contributed by atoms with van der Waals surface area (Å²) in [4.78, 5) is 12.7. The molecule has 0 aromatic carbocycles. The molecule has 0 fully saturated rings. The van der Waals surface area contributed by atoms with Gasteiger partial charge in [-0.1, -0.05) is 38.8 Å². The van der Waals surface area contributed by atoms with E-state index >= 15 is 0 Å².